The molecule has 0 radical (unpaired) electrons. The highest BCUT2D eigenvalue weighted by Gasteiger charge is 2.33. The lowest BCUT2D eigenvalue weighted by Gasteiger charge is -2.36. The van der Waals surface area contributed by atoms with E-state index in [1.807, 2.05) is 26.8 Å². The van der Waals surface area contributed by atoms with E-state index < -0.39 is 6.04 Å². The summed E-state index contributed by atoms with van der Waals surface area (Å²) >= 11 is 0. The molecule has 1 fully saturated rings. The summed E-state index contributed by atoms with van der Waals surface area (Å²) in [5.41, 5.74) is 6.85. The van der Waals surface area contributed by atoms with Crippen molar-refractivity contribution in [3.63, 3.8) is 0 Å². The summed E-state index contributed by atoms with van der Waals surface area (Å²) in [7, 11) is 0. The van der Waals surface area contributed by atoms with E-state index in [1.54, 1.807) is 29.2 Å². The van der Waals surface area contributed by atoms with Crippen molar-refractivity contribution in [3.8, 4) is 6.07 Å². The maximum atomic E-state index is 12.4. The van der Waals surface area contributed by atoms with Gasteiger partial charge in [-0.1, -0.05) is 20.8 Å². The standard InChI is InChI=1S/C19H26N4O2.ClH/c1-19(2,3)16(21)18(25)23-10-8-15(9-11-23)22-17(24)14-6-4-13(12-20)5-7-14;/h4-7,15-16H,8-11,21H2,1-3H3,(H,22,24);1H. The summed E-state index contributed by atoms with van der Waals surface area (Å²) in [6.07, 6.45) is 1.43. The van der Waals surface area contributed by atoms with Gasteiger partial charge in [0.25, 0.3) is 5.91 Å². The van der Waals surface area contributed by atoms with Crippen molar-refractivity contribution in [2.24, 2.45) is 11.1 Å². The molecule has 2 rings (SSSR count). The van der Waals surface area contributed by atoms with Gasteiger partial charge in [0.15, 0.2) is 0 Å². The molecular formula is C19H27ClN4O2. The van der Waals surface area contributed by atoms with Crippen molar-refractivity contribution in [2.75, 3.05) is 13.1 Å². The zero-order valence-corrected chi connectivity index (χ0v) is 16.3. The van der Waals surface area contributed by atoms with Crippen molar-refractivity contribution in [2.45, 2.75) is 45.7 Å². The Labute approximate surface area is 161 Å². The van der Waals surface area contributed by atoms with Crippen molar-refractivity contribution >= 4 is 24.2 Å². The van der Waals surface area contributed by atoms with Gasteiger partial charge in [-0.05, 0) is 42.5 Å². The number of hydrogen-bond donors (Lipinski definition) is 2. The van der Waals surface area contributed by atoms with Crippen LogP contribution in [0.25, 0.3) is 0 Å². The smallest absolute Gasteiger partial charge is 0.251 e. The molecule has 0 spiro atoms. The Morgan fingerprint density at radius 2 is 1.77 bits per heavy atom. The topological polar surface area (TPSA) is 99.2 Å². The molecule has 1 atom stereocenters. The number of nitriles is 1. The third-order valence-corrected chi connectivity index (χ3v) is 4.62. The van der Waals surface area contributed by atoms with Gasteiger partial charge in [-0.2, -0.15) is 5.26 Å². The van der Waals surface area contributed by atoms with E-state index in [0.717, 1.165) is 0 Å². The molecule has 7 heteroatoms. The summed E-state index contributed by atoms with van der Waals surface area (Å²) in [5.74, 6) is -0.176. The summed E-state index contributed by atoms with van der Waals surface area (Å²) in [6, 6.07) is 8.11. The molecule has 6 nitrogen and oxygen atoms in total. The van der Waals surface area contributed by atoms with Crippen molar-refractivity contribution in [3.05, 3.63) is 35.4 Å². The van der Waals surface area contributed by atoms with Crippen LogP contribution in [-0.4, -0.2) is 41.9 Å². The zero-order chi connectivity index (χ0) is 18.6. The molecule has 3 N–H and O–H groups in total. The van der Waals surface area contributed by atoms with Gasteiger partial charge >= 0.3 is 0 Å². The number of nitrogens with two attached hydrogens (primary N) is 1. The maximum Gasteiger partial charge on any atom is 0.251 e. The Bertz CT molecular complexity index is 668. The Hall–Kier alpha value is -2.10. The number of carbonyl (C=O) groups excluding carboxylic acids is 2. The molecule has 2 amide bonds. The summed E-state index contributed by atoms with van der Waals surface area (Å²) < 4.78 is 0. The highest BCUT2D eigenvalue weighted by atomic mass is 35.5. The second-order valence-corrected chi connectivity index (χ2v) is 7.61. The number of hydrogen-bond acceptors (Lipinski definition) is 4. The highest BCUT2D eigenvalue weighted by molar-refractivity contribution is 5.94. The predicted octanol–water partition coefficient (Wildman–Crippen LogP) is 2.07. The van der Waals surface area contributed by atoms with Gasteiger partial charge in [0, 0.05) is 24.7 Å². The van der Waals surface area contributed by atoms with E-state index in [0.29, 0.717) is 37.1 Å². The van der Waals surface area contributed by atoms with Crippen LogP contribution in [0.5, 0.6) is 0 Å². The van der Waals surface area contributed by atoms with Crippen LogP contribution in [0.4, 0.5) is 0 Å². The van der Waals surface area contributed by atoms with Gasteiger partial charge in [0.1, 0.15) is 0 Å². The number of nitrogens with zero attached hydrogens (tertiary/aromatic N) is 2. The van der Waals surface area contributed by atoms with Crippen molar-refractivity contribution < 1.29 is 9.59 Å². The Kier molecular flexibility index (Phi) is 7.61. The average molecular weight is 379 g/mol. The summed E-state index contributed by atoms with van der Waals surface area (Å²) in [6.45, 7) is 7.07. The monoisotopic (exact) mass is 378 g/mol. The van der Waals surface area contributed by atoms with Gasteiger partial charge in [-0.15, -0.1) is 12.4 Å². The molecule has 1 unspecified atom stereocenters. The van der Waals surface area contributed by atoms with Gasteiger partial charge in [0.05, 0.1) is 17.7 Å². The minimum absolute atomic E-state index is 0. The SMILES string of the molecule is CC(C)(C)C(N)C(=O)N1CCC(NC(=O)c2ccc(C#N)cc2)CC1.Cl. The molecule has 26 heavy (non-hydrogen) atoms. The molecule has 1 aromatic rings. The van der Waals surface area contributed by atoms with Crippen LogP contribution >= 0.6 is 12.4 Å². The minimum Gasteiger partial charge on any atom is -0.349 e. The van der Waals surface area contributed by atoms with E-state index in [9.17, 15) is 9.59 Å². The fraction of sp³-hybridized carbons (Fsp3) is 0.526. The van der Waals surface area contributed by atoms with E-state index in [-0.39, 0.29) is 35.7 Å². The number of amides is 2. The third-order valence-electron chi connectivity index (χ3n) is 4.62. The first kappa shape index (κ1) is 21.9. The quantitative estimate of drug-likeness (QED) is 0.840. The molecular weight excluding hydrogens is 352 g/mol. The van der Waals surface area contributed by atoms with Crippen molar-refractivity contribution in [1.29, 1.82) is 5.26 Å². The average Bonchev–Trinajstić information content (AvgIpc) is 2.60. The highest BCUT2D eigenvalue weighted by Crippen LogP contribution is 2.21. The van der Waals surface area contributed by atoms with E-state index in [1.165, 1.54) is 0 Å². The Morgan fingerprint density at radius 1 is 1.23 bits per heavy atom. The summed E-state index contributed by atoms with van der Waals surface area (Å²) in [5, 5.41) is 11.8. The van der Waals surface area contributed by atoms with E-state index >= 15 is 0 Å². The Balaban J connectivity index is 0.00000338. The van der Waals surface area contributed by atoms with E-state index in [4.69, 9.17) is 11.0 Å². The molecule has 0 bridgehead atoms. The molecule has 0 aromatic heterocycles. The molecule has 1 aliphatic rings. The minimum atomic E-state index is -0.516. The predicted molar refractivity (Wildman–Crippen MR) is 103 cm³/mol. The number of piperidine rings is 1. The van der Waals surface area contributed by atoms with Gasteiger partial charge in [0.2, 0.25) is 5.91 Å². The van der Waals surface area contributed by atoms with Crippen LogP contribution < -0.4 is 11.1 Å². The molecule has 0 aliphatic carbocycles. The first-order chi connectivity index (χ1) is 11.7. The third kappa shape index (κ3) is 5.45. The fourth-order valence-corrected chi connectivity index (χ4v) is 2.78. The van der Waals surface area contributed by atoms with Gasteiger partial charge in [-0.25, -0.2) is 0 Å². The lowest BCUT2D eigenvalue weighted by atomic mass is 9.86. The maximum absolute atomic E-state index is 12.4. The molecule has 142 valence electrons. The molecule has 0 saturated carbocycles. The number of nitrogens with one attached hydrogen (secondary N) is 1. The van der Waals surface area contributed by atoms with Crippen LogP contribution in [0, 0.1) is 16.7 Å². The molecule has 1 aromatic carbocycles. The van der Waals surface area contributed by atoms with Crippen LogP contribution in [0.2, 0.25) is 0 Å². The van der Waals surface area contributed by atoms with Crippen LogP contribution in [-0.2, 0) is 4.79 Å². The number of halogens is 1. The number of benzene rings is 1. The van der Waals surface area contributed by atoms with Crippen LogP contribution in [0.1, 0.15) is 49.5 Å². The largest absolute Gasteiger partial charge is 0.349 e. The molecule has 1 saturated heterocycles. The normalized spacial score (nSPS) is 16.2. The van der Waals surface area contributed by atoms with E-state index in [2.05, 4.69) is 5.32 Å². The number of rotatable bonds is 3. The molecule has 1 aliphatic heterocycles. The fourth-order valence-electron chi connectivity index (χ4n) is 2.78. The Morgan fingerprint density at radius 3 is 2.23 bits per heavy atom. The zero-order valence-electron chi connectivity index (χ0n) is 15.5. The second kappa shape index (κ2) is 9.02. The summed E-state index contributed by atoms with van der Waals surface area (Å²) in [4.78, 5) is 26.5. The van der Waals surface area contributed by atoms with Crippen LogP contribution in [0.3, 0.4) is 0 Å². The number of likely N-dealkylation sites (tertiary alicyclic amines) is 1. The van der Waals surface area contributed by atoms with Gasteiger partial charge < -0.3 is 16.0 Å². The number of carbonyl (C=O) groups is 2. The first-order valence-electron chi connectivity index (χ1n) is 8.58. The van der Waals surface area contributed by atoms with Crippen molar-refractivity contribution in [1.82, 2.24) is 10.2 Å². The molecule has 1 heterocycles. The second-order valence-electron chi connectivity index (χ2n) is 7.61. The lowest BCUT2D eigenvalue weighted by Crippen LogP contribution is -2.54. The van der Waals surface area contributed by atoms with Crippen LogP contribution in [0.15, 0.2) is 24.3 Å². The lowest BCUT2D eigenvalue weighted by molar-refractivity contribution is -0.136. The first-order valence-corrected chi connectivity index (χ1v) is 8.58. The van der Waals surface area contributed by atoms with Gasteiger partial charge in [-0.3, -0.25) is 9.59 Å².